The highest BCUT2D eigenvalue weighted by Gasteiger charge is 2.19. The summed E-state index contributed by atoms with van der Waals surface area (Å²) in [4.78, 5) is 16.7. The Morgan fingerprint density at radius 3 is 2.38 bits per heavy atom. The molecule has 29 heavy (non-hydrogen) atoms. The molecule has 0 saturated carbocycles. The average Bonchev–Trinajstić information content (AvgIpc) is 2.75. The molecule has 1 heterocycles. The van der Waals surface area contributed by atoms with Gasteiger partial charge in [0.2, 0.25) is 0 Å². The van der Waals surface area contributed by atoms with Crippen molar-refractivity contribution in [2.24, 2.45) is 10.1 Å². The van der Waals surface area contributed by atoms with Crippen LogP contribution >= 0.6 is 0 Å². The first-order chi connectivity index (χ1) is 14.0. The van der Waals surface area contributed by atoms with Crippen LogP contribution in [0.5, 0.6) is 5.75 Å². The molecule has 0 unspecified atom stereocenters. The SMILES string of the molecule is CCOC(=O)/C(C)=N/N1CN=C(c2ccc(C)cc2)C=C1c1ccc(OC)cc1. The number of benzene rings is 2. The molecule has 1 aliphatic rings. The zero-order chi connectivity index (χ0) is 20.8. The predicted octanol–water partition coefficient (Wildman–Crippen LogP) is 4.05. The fourth-order valence-electron chi connectivity index (χ4n) is 2.90. The van der Waals surface area contributed by atoms with E-state index in [1.807, 2.05) is 30.3 Å². The van der Waals surface area contributed by atoms with Crippen LogP contribution in [0.2, 0.25) is 0 Å². The van der Waals surface area contributed by atoms with E-state index in [2.05, 4.69) is 41.3 Å². The highest BCUT2D eigenvalue weighted by Crippen LogP contribution is 2.26. The van der Waals surface area contributed by atoms with Crippen molar-refractivity contribution in [1.82, 2.24) is 5.01 Å². The van der Waals surface area contributed by atoms with Crippen LogP contribution in [0, 0.1) is 6.92 Å². The van der Waals surface area contributed by atoms with Crippen LogP contribution in [-0.2, 0) is 9.53 Å². The van der Waals surface area contributed by atoms with Gasteiger partial charge in [0.1, 0.15) is 18.1 Å². The molecule has 0 saturated heterocycles. The van der Waals surface area contributed by atoms with E-state index in [-0.39, 0.29) is 5.71 Å². The minimum absolute atomic E-state index is 0.278. The molecule has 0 bridgehead atoms. The van der Waals surface area contributed by atoms with Crippen LogP contribution in [0.1, 0.15) is 30.5 Å². The van der Waals surface area contributed by atoms with E-state index in [9.17, 15) is 4.79 Å². The number of allylic oxidation sites excluding steroid dienone is 1. The topological polar surface area (TPSA) is 63.5 Å². The second-order valence-electron chi connectivity index (χ2n) is 6.61. The van der Waals surface area contributed by atoms with Gasteiger partial charge in [-0.1, -0.05) is 29.8 Å². The van der Waals surface area contributed by atoms with Gasteiger partial charge in [-0.2, -0.15) is 5.10 Å². The lowest BCUT2D eigenvalue weighted by Crippen LogP contribution is -2.26. The van der Waals surface area contributed by atoms with Gasteiger partial charge in [0.05, 0.1) is 25.1 Å². The van der Waals surface area contributed by atoms with Crippen molar-refractivity contribution in [3.63, 3.8) is 0 Å². The Balaban J connectivity index is 1.99. The smallest absolute Gasteiger partial charge is 0.354 e. The zero-order valence-corrected chi connectivity index (χ0v) is 17.2. The quantitative estimate of drug-likeness (QED) is 0.551. The number of carbonyl (C=O) groups is 1. The largest absolute Gasteiger partial charge is 0.497 e. The number of nitrogens with zero attached hydrogens (tertiary/aromatic N) is 3. The maximum Gasteiger partial charge on any atom is 0.354 e. The van der Waals surface area contributed by atoms with E-state index >= 15 is 0 Å². The maximum absolute atomic E-state index is 12.0. The Morgan fingerprint density at radius 1 is 1.10 bits per heavy atom. The van der Waals surface area contributed by atoms with Gasteiger partial charge >= 0.3 is 5.97 Å². The number of hydrazone groups is 1. The van der Waals surface area contributed by atoms with E-state index in [0.717, 1.165) is 28.3 Å². The zero-order valence-electron chi connectivity index (χ0n) is 17.2. The van der Waals surface area contributed by atoms with Crippen LogP contribution < -0.4 is 4.74 Å². The molecule has 3 rings (SSSR count). The molecule has 0 spiro atoms. The highest BCUT2D eigenvalue weighted by atomic mass is 16.5. The molecular weight excluding hydrogens is 366 g/mol. The first kappa shape index (κ1) is 20.3. The summed E-state index contributed by atoms with van der Waals surface area (Å²) in [5, 5.41) is 6.18. The lowest BCUT2D eigenvalue weighted by atomic mass is 10.0. The first-order valence-corrected chi connectivity index (χ1v) is 9.49. The third-order valence-corrected chi connectivity index (χ3v) is 4.50. The monoisotopic (exact) mass is 391 g/mol. The summed E-state index contributed by atoms with van der Waals surface area (Å²) in [7, 11) is 1.64. The van der Waals surface area contributed by atoms with Crippen molar-refractivity contribution >= 4 is 23.1 Å². The summed E-state index contributed by atoms with van der Waals surface area (Å²) in [6.45, 7) is 6.08. The molecule has 6 heteroatoms. The van der Waals surface area contributed by atoms with Crippen molar-refractivity contribution in [3.8, 4) is 5.75 Å². The molecule has 2 aromatic carbocycles. The van der Waals surface area contributed by atoms with E-state index in [0.29, 0.717) is 13.3 Å². The molecule has 0 radical (unpaired) electrons. The normalized spacial score (nSPS) is 14.2. The summed E-state index contributed by atoms with van der Waals surface area (Å²) in [6, 6.07) is 16.0. The average molecular weight is 391 g/mol. The lowest BCUT2D eigenvalue weighted by molar-refractivity contribution is -0.135. The summed E-state index contributed by atoms with van der Waals surface area (Å²) >= 11 is 0. The molecule has 0 fully saturated rings. The standard InChI is InChI=1S/C23H25N3O3/c1-5-29-23(27)17(3)25-26-15-24-21(18-8-6-16(2)7-9-18)14-22(26)19-10-12-20(28-4)13-11-19/h6-14H,5,15H2,1-4H3/b25-17+. The van der Waals surface area contributed by atoms with Crippen LogP contribution in [-0.4, -0.2) is 42.8 Å². The Bertz CT molecular complexity index is 958. The number of ether oxygens (including phenoxy) is 2. The third-order valence-electron chi connectivity index (χ3n) is 4.50. The van der Waals surface area contributed by atoms with Gasteiger partial charge in [-0.05, 0) is 56.7 Å². The number of esters is 1. The number of hydrogen-bond acceptors (Lipinski definition) is 6. The van der Waals surface area contributed by atoms with Crippen molar-refractivity contribution in [2.45, 2.75) is 20.8 Å². The fourth-order valence-corrected chi connectivity index (χ4v) is 2.90. The predicted molar refractivity (Wildman–Crippen MR) is 115 cm³/mol. The van der Waals surface area contributed by atoms with Gasteiger partial charge in [0, 0.05) is 5.56 Å². The van der Waals surface area contributed by atoms with Gasteiger partial charge < -0.3 is 9.47 Å². The van der Waals surface area contributed by atoms with Gasteiger partial charge in [-0.3, -0.25) is 4.99 Å². The van der Waals surface area contributed by atoms with Gasteiger partial charge in [-0.25, -0.2) is 9.80 Å². The molecule has 0 amide bonds. The molecule has 0 atom stereocenters. The molecule has 0 aliphatic carbocycles. The van der Waals surface area contributed by atoms with Gasteiger partial charge in [-0.15, -0.1) is 0 Å². The Labute approximate surface area is 171 Å². The van der Waals surface area contributed by atoms with Crippen molar-refractivity contribution in [3.05, 3.63) is 71.3 Å². The second-order valence-corrected chi connectivity index (χ2v) is 6.61. The van der Waals surface area contributed by atoms with Crippen LogP contribution in [0.15, 0.2) is 64.7 Å². The van der Waals surface area contributed by atoms with Crippen molar-refractivity contribution in [1.29, 1.82) is 0 Å². The summed E-state index contributed by atoms with van der Waals surface area (Å²) in [5.41, 5.74) is 5.18. The number of hydrogen-bond donors (Lipinski definition) is 0. The van der Waals surface area contributed by atoms with Crippen LogP contribution in [0.3, 0.4) is 0 Å². The molecule has 2 aromatic rings. The summed E-state index contributed by atoms with van der Waals surface area (Å²) in [6.07, 6.45) is 1.98. The van der Waals surface area contributed by atoms with Crippen LogP contribution in [0.25, 0.3) is 5.70 Å². The van der Waals surface area contributed by atoms with E-state index < -0.39 is 5.97 Å². The van der Waals surface area contributed by atoms with E-state index in [4.69, 9.17) is 9.47 Å². The Kier molecular flexibility index (Phi) is 6.44. The summed E-state index contributed by atoms with van der Waals surface area (Å²) < 4.78 is 10.3. The number of methoxy groups -OCH3 is 1. The maximum atomic E-state index is 12.0. The van der Waals surface area contributed by atoms with Crippen molar-refractivity contribution in [2.75, 3.05) is 20.4 Å². The lowest BCUT2D eigenvalue weighted by Gasteiger charge is -2.26. The fraction of sp³-hybridized carbons (Fsp3) is 0.261. The van der Waals surface area contributed by atoms with E-state index in [1.165, 1.54) is 5.56 Å². The Morgan fingerprint density at radius 2 is 1.76 bits per heavy atom. The second kappa shape index (κ2) is 9.19. The third kappa shape index (κ3) is 4.90. The molecule has 6 nitrogen and oxygen atoms in total. The van der Waals surface area contributed by atoms with Crippen LogP contribution in [0.4, 0.5) is 0 Å². The number of aliphatic imine (C=N–C) groups is 1. The summed E-state index contributed by atoms with van der Waals surface area (Å²) in [5.74, 6) is 0.338. The van der Waals surface area contributed by atoms with E-state index in [1.54, 1.807) is 26.0 Å². The molecule has 1 aliphatic heterocycles. The molecule has 150 valence electrons. The molecular formula is C23H25N3O3. The molecule has 0 aromatic heterocycles. The van der Waals surface area contributed by atoms with Gasteiger partial charge in [0.25, 0.3) is 0 Å². The number of carbonyl (C=O) groups excluding carboxylic acids is 1. The van der Waals surface area contributed by atoms with Gasteiger partial charge in [0.15, 0.2) is 0 Å². The molecule has 0 N–H and O–H groups in total. The number of aryl methyl sites for hydroxylation is 1. The highest BCUT2D eigenvalue weighted by molar-refractivity contribution is 6.35. The minimum atomic E-state index is -0.435. The Hall–Kier alpha value is -3.41. The first-order valence-electron chi connectivity index (χ1n) is 9.49. The number of rotatable bonds is 6. The minimum Gasteiger partial charge on any atom is -0.497 e. The van der Waals surface area contributed by atoms with Crippen molar-refractivity contribution < 1.29 is 14.3 Å².